The van der Waals surface area contributed by atoms with Crippen LogP contribution in [0, 0.1) is 5.82 Å². The van der Waals surface area contributed by atoms with Crippen LogP contribution in [0.4, 0.5) is 4.39 Å². The number of fused-ring (bicyclic) bond motifs is 1. The van der Waals surface area contributed by atoms with E-state index in [-0.39, 0.29) is 22.8 Å². The molecule has 28 heavy (non-hydrogen) atoms. The largest absolute Gasteiger partial charge is 0.503 e. The molecule has 0 bridgehead atoms. The molecular formula is C18H15ClFN5O3. The fourth-order valence-electron chi connectivity index (χ4n) is 3.24. The Labute approximate surface area is 163 Å². The number of halogens is 2. The summed E-state index contributed by atoms with van der Waals surface area (Å²) in [7, 11) is 1.63. The van der Waals surface area contributed by atoms with E-state index in [1.165, 1.54) is 44.9 Å². The Hall–Kier alpha value is -3.20. The average molecular weight is 404 g/mol. The molecule has 2 aromatic heterocycles. The van der Waals surface area contributed by atoms with Crippen LogP contribution >= 0.6 is 11.6 Å². The smallest absolute Gasteiger partial charge is 0.274 e. The second-order valence-corrected chi connectivity index (χ2v) is 6.85. The molecule has 4 rings (SSSR count). The first-order valence-electron chi connectivity index (χ1n) is 8.41. The number of amides is 1. The van der Waals surface area contributed by atoms with Crippen LogP contribution < -0.4 is 5.43 Å². The number of hydrogen-bond donors (Lipinski definition) is 1. The van der Waals surface area contributed by atoms with Gasteiger partial charge in [-0.15, -0.1) is 0 Å². The molecule has 1 aliphatic rings. The lowest BCUT2D eigenvalue weighted by Gasteiger charge is -2.30. The Morgan fingerprint density at radius 1 is 1.29 bits per heavy atom. The second kappa shape index (κ2) is 6.75. The zero-order valence-corrected chi connectivity index (χ0v) is 15.5. The summed E-state index contributed by atoms with van der Waals surface area (Å²) >= 11 is 5.80. The van der Waals surface area contributed by atoms with E-state index in [2.05, 4.69) is 10.1 Å². The first-order valence-corrected chi connectivity index (χ1v) is 8.78. The van der Waals surface area contributed by atoms with E-state index in [1.807, 2.05) is 0 Å². The number of benzene rings is 1. The Morgan fingerprint density at radius 3 is 2.75 bits per heavy atom. The molecule has 8 nitrogen and oxygen atoms in total. The van der Waals surface area contributed by atoms with Crippen molar-refractivity contribution in [2.75, 3.05) is 6.54 Å². The summed E-state index contributed by atoms with van der Waals surface area (Å²) < 4.78 is 16.3. The van der Waals surface area contributed by atoms with E-state index >= 15 is 0 Å². The molecule has 1 amide bonds. The van der Waals surface area contributed by atoms with E-state index in [4.69, 9.17) is 11.6 Å². The van der Waals surface area contributed by atoms with Gasteiger partial charge in [-0.05, 0) is 17.7 Å². The van der Waals surface area contributed by atoms with Crippen molar-refractivity contribution in [3.8, 4) is 17.1 Å². The first-order chi connectivity index (χ1) is 13.4. The molecular weight excluding hydrogens is 389 g/mol. The highest BCUT2D eigenvalue weighted by Crippen LogP contribution is 2.25. The highest BCUT2D eigenvalue weighted by Gasteiger charge is 2.30. The molecule has 144 valence electrons. The quantitative estimate of drug-likeness (QED) is 0.719. The van der Waals surface area contributed by atoms with Gasteiger partial charge in [-0.3, -0.25) is 9.59 Å². The van der Waals surface area contributed by atoms with Gasteiger partial charge in [-0.2, -0.15) is 5.10 Å². The summed E-state index contributed by atoms with van der Waals surface area (Å²) in [5, 5.41) is 14.3. The molecule has 3 aromatic rings. The third-order valence-electron chi connectivity index (χ3n) is 4.67. The number of aromatic nitrogens is 4. The molecule has 1 N–H and O–H groups in total. The molecule has 0 radical (unpaired) electrons. The average Bonchev–Trinajstić information content (AvgIpc) is 3.09. The van der Waals surface area contributed by atoms with Crippen molar-refractivity contribution in [2.24, 2.45) is 7.05 Å². The maximum atomic E-state index is 13.3. The second-order valence-electron chi connectivity index (χ2n) is 6.44. The van der Waals surface area contributed by atoms with Crippen molar-refractivity contribution in [1.82, 2.24) is 24.2 Å². The van der Waals surface area contributed by atoms with Gasteiger partial charge in [0.05, 0.1) is 10.6 Å². The Kier molecular flexibility index (Phi) is 4.38. The van der Waals surface area contributed by atoms with Crippen LogP contribution in [0.1, 0.15) is 16.1 Å². The Morgan fingerprint density at radius 2 is 2.07 bits per heavy atom. The maximum Gasteiger partial charge on any atom is 0.274 e. The number of hydrogen-bond acceptors (Lipinski definition) is 5. The normalized spacial score (nSPS) is 13.7. The third kappa shape index (κ3) is 2.93. The number of carbonyl (C=O) groups excluding carboxylic acids is 1. The monoisotopic (exact) mass is 403 g/mol. The summed E-state index contributed by atoms with van der Waals surface area (Å²) in [5.74, 6) is -1.37. The maximum absolute atomic E-state index is 13.3. The van der Waals surface area contributed by atoms with Crippen LogP contribution in [0.5, 0.6) is 5.75 Å². The molecule has 0 saturated heterocycles. The van der Waals surface area contributed by atoms with Crippen molar-refractivity contribution in [3.63, 3.8) is 0 Å². The number of aromatic hydroxyl groups is 1. The van der Waals surface area contributed by atoms with Gasteiger partial charge < -0.3 is 14.6 Å². The molecule has 0 spiro atoms. The molecule has 3 heterocycles. The van der Waals surface area contributed by atoms with E-state index in [0.29, 0.717) is 24.5 Å². The standard InChI is InChI=1S/C18H15ClFN5O3/c1-23-17(21-9-22-23)11-8-24-4-5-25(18(28)14(24)16(27)15(11)26)7-10-2-3-13(20)12(19)6-10/h2-3,6,8-9,27H,4-5,7H2,1H3. The lowest BCUT2D eigenvalue weighted by atomic mass is 10.1. The van der Waals surface area contributed by atoms with E-state index in [1.54, 1.807) is 7.05 Å². The van der Waals surface area contributed by atoms with Crippen molar-refractivity contribution in [1.29, 1.82) is 0 Å². The highest BCUT2D eigenvalue weighted by molar-refractivity contribution is 6.30. The molecule has 0 saturated carbocycles. The van der Waals surface area contributed by atoms with E-state index in [9.17, 15) is 19.1 Å². The summed E-state index contributed by atoms with van der Waals surface area (Å²) in [4.78, 5) is 31.0. The SMILES string of the molecule is Cn1ncnc1-c1cn2c(c(O)c1=O)C(=O)N(Cc1ccc(F)c(Cl)c1)CC2. The predicted octanol–water partition coefficient (Wildman–Crippen LogP) is 1.80. The number of nitrogens with zero attached hydrogens (tertiary/aromatic N) is 5. The third-order valence-corrected chi connectivity index (χ3v) is 4.96. The zero-order chi connectivity index (χ0) is 20.0. The number of carbonyl (C=O) groups is 1. The molecule has 10 heteroatoms. The van der Waals surface area contributed by atoms with Crippen LogP contribution in [0.3, 0.4) is 0 Å². The van der Waals surface area contributed by atoms with E-state index in [0.717, 1.165) is 0 Å². The fraction of sp³-hybridized carbons (Fsp3) is 0.222. The highest BCUT2D eigenvalue weighted by atomic mass is 35.5. The van der Waals surface area contributed by atoms with Crippen LogP contribution in [0.15, 0.2) is 35.5 Å². The minimum atomic E-state index is -0.692. The fourth-order valence-corrected chi connectivity index (χ4v) is 3.44. The molecule has 1 aliphatic heterocycles. The van der Waals surface area contributed by atoms with Gasteiger partial charge in [0.15, 0.2) is 17.3 Å². The molecule has 0 unspecified atom stereocenters. The minimum absolute atomic E-state index is 0.0326. The van der Waals surface area contributed by atoms with Gasteiger partial charge in [0.25, 0.3) is 5.91 Å². The van der Waals surface area contributed by atoms with Gasteiger partial charge in [0.2, 0.25) is 5.43 Å². The van der Waals surface area contributed by atoms with Gasteiger partial charge in [-0.1, -0.05) is 17.7 Å². The first kappa shape index (κ1) is 18.2. The lowest BCUT2D eigenvalue weighted by Crippen LogP contribution is -2.41. The van der Waals surface area contributed by atoms with E-state index < -0.39 is 22.9 Å². The lowest BCUT2D eigenvalue weighted by molar-refractivity contribution is 0.0683. The van der Waals surface area contributed by atoms with Gasteiger partial charge in [0, 0.05) is 32.9 Å². The predicted molar refractivity (Wildman–Crippen MR) is 98.5 cm³/mol. The summed E-state index contributed by atoms with van der Waals surface area (Å²) in [6, 6.07) is 4.21. The van der Waals surface area contributed by atoms with Gasteiger partial charge >= 0.3 is 0 Å². The van der Waals surface area contributed by atoms with Crippen LogP contribution in [0.25, 0.3) is 11.4 Å². The van der Waals surface area contributed by atoms with Crippen molar-refractivity contribution in [2.45, 2.75) is 13.1 Å². The van der Waals surface area contributed by atoms with Crippen LogP contribution in [-0.4, -0.2) is 41.8 Å². The number of aryl methyl sites for hydroxylation is 1. The van der Waals surface area contributed by atoms with Crippen molar-refractivity contribution >= 4 is 17.5 Å². The molecule has 0 fully saturated rings. The van der Waals surface area contributed by atoms with Crippen LogP contribution in [-0.2, 0) is 20.1 Å². The van der Waals surface area contributed by atoms with Crippen molar-refractivity contribution in [3.05, 3.63) is 63.0 Å². The topological polar surface area (TPSA) is 93.2 Å². The summed E-state index contributed by atoms with van der Waals surface area (Å²) in [6.45, 7) is 0.896. The minimum Gasteiger partial charge on any atom is -0.503 e. The van der Waals surface area contributed by atoms with Gasteiger partial charge in [0.1, 0.15) is 12.1 Å². The number of rotatable bonds is 3. The molecule has 0 atom stereocenters. The van der Waals surface area contributed by atoms with Gasteiger partial charge in [-0.25, -0.2) is 14.1 Å². The molecule has 0 aliphatic carbocycles. The number of pyridine rings is 1. The Bertz CT molecular complexity index is 1160. The summed E-state index contributed by atoms with van der Waals surface area (Å²) in [6.07, 6.45) is 2.81. The van der Waals surface area contributed by atoms with Crippen molar-refractivity contribution < 1.29 is 14.3 Å². The Balaban J connectivity index is 1.70. The zero-order valence-electron chi connectivity index (χ0n) is 14.8. The van der Waals surface area contributed by atoms with Crippen LogP contribution in [0.2, 0.25) is 5.02 Å². The summed E-state index contributed by atoms with van der Waals surface area (Å²) in [5.41, 5.74) is 0.0244. The molecule has 1 aromatic carbocycles.